The van der Waals surface area contributed by atoms with Crippen LogP contribution in [0.3, 0.4) is 0 Å². The molecule has 0 aromatic heterocycles. The Morgan fingerprint density at radius 3 is 1.77 bits per heavy atom. The quantitative estimate of drug-likeness (QED) is 0.358. The monoisotopic (exact) mass is 369 g/mol. The van der Waals surface area contributed by atoms with Crippen molar-refractivity contribution in [3.63, 3.8) is 0 Å². The average Bonchev–Trinajstić information content (AvgIpc) is 2.57. The van der Waals surface area contributed by atoms with Gasteiger partial charge in [0.05, 0.1) is 0 Å². The Bertz CT molecular complexity index is 394. The van der Waals surface area contributed by atoms with Gasteiger partial charge in [-0.25, -0.2) is 0 Å². The van der Waals surface area contributed by atoms with Crippen LogP contribution in [0.5, 0.6) is 0 Å². The Morgan fingerprint density at radius 1 is 0.654 bits per heavy atom. The fourth-order valence-electron chi connectivity index (χ4n) is 2.68. The molecule has 0 aliphatic heterocycles. The Balaban J connectivity index is 3.38. The number of nitrogens with one attached hydrogen (secondary N) is 1. The van der Waals surface area contributed by atoms with Crippen molar-refractivity contribution < 1.29 is 24.3 Å². The molecule has 0 saturated heterocycles. The number of amides is 1. The lowest BCUT2D eigenvalue weighted by molar-refractivity contribution is -0.137. The van der Waals surface area contributed by atoms with Crippen molar-refractivity contribution in [2.24, 2.45) is 0 Å². The van der Waals surface area contributed by atoms with E-state index in [0.717, 1.165) is 51.4 Å². The van der Waals surface area contributed by atoms with E-state index < -0.39 is 5.97 Å². The summed E-state index contributed by atoms with van der Waals surface area (Å²) in [6.07, 6.45) is 9.79. The van der Waals surface area contributed by atoms with E-state index in [1.807, 2.05) is 0 Å². The van der Waals surface area contributed by atoms with E-state index >= 15 is 0 Å². The van der Waals surface area contributed by atoms with Gasteiger partial charge in [0.25, 0.3) is 0 Å². The summed E-state index contributed by atoms with van der Waals surface area (Å²) in [5.74, 6) is -0.295. The van der Waals surface area contributed by atoms with Crippen LogP contribution in [-0.2, 0) is 19.2 Å². The van der Waals surface area contributed by atoms with Gasteiger partial charge >= 0.3 is 5.97 Å². The minimum atomic E-state index is -0.766. The third-order valence-electron chi connectivity index (χ3n) is 4.23. The van der Waals surface area contributed by atoms with Gasteiger partial charge in [-0.2, -0.15) is 0 Å². The fourth-order valence-corrected chi connectivity index (χ4v) is 2.68. The number of hydrogen-bond acceptors (Lipinski definition) is 4. The first-order chi connectivity index (χ1) is 12.4. The molecule has 0 radical (unpaired) electrons. The Kier molecular flexibility index (Phi) is 15.6. The molecule has 0 bridgehead atoms. The second-order valence-electron chi connectivity index (χ2n) is 6.92. The summed E-state index contributed by atoms with van der Waals surface area (Å²) in [7, 11) is 0. The van der Waals surface area contributed by atoms with Gasteiger partial charge < -0.3 is 15.2 Å². The van der Waals surface area contributed by atoms with Crippen LogP contribution in [0.15, 0.2) is 0 Å². The topological polar surface area (TPSA) is 101 Å². The lowest BCUT2D eigenvalue weighted by Crippen LogP contribution is -2.24. The molecule has 0 unspecified atom stereocenters. The normalized spacial score (nSPS) is 10.5. The molecule has 0 spiro atoms. The Hall–Kier alpha value is -1.72. The average molecular weight is 370 g/mol. The number of carboxylic acids is 1. The van der Waals surface area contributed by atoms with Crippen LogP contribution in [0, 0.1) is 0 Å². The molecule has 6 heteroatoms. The van der Waals surface area contributed by atoms with Gasteiger partial charge in [-0.1, -0.05) is 19.3 Å². The summed E-state index contributed by atoms with van der Waals surface area (Å²) >= 11 is 0. The van der Waals surface area contributed by atoms with Gasteiger partial charge in [-0.15, -0.1) is 0 Å². The van der Waals surface area contributed by atoms with Gasteiger partial charge in [-0.05, 0) is 45.4 Å². The van der Waals surface area contributed by atoms with E-state index in [4.69, 9.17) is 5.11 Å². The Morgan fingerprint density at radius 2 is 1.15 bits per heavy atom. The number of Topliss-reactive ketones (excluding diaryl/α,β-unsaturated/α-hetero) is 2. The number of carboxylic acid groups (broad SMARTS) is 1. The van der Waals surface area contributed by atoms with Crippen molar-refractivity contribution >= 4 is 23.4 Å². The van der Waals surface area contributed by atoms with Crippen LogP contribution in [0.2, 0.25) is 0 Å². The Labute approximate surface area is 157 Å². The van der Waals surface area contributed by atoms with E-state index in [-0.39, 0.29) is 23.9 Å². The molecule has 1 amide bonds. The summed E-state index contributed by atoms with van der Waals surface area (Å²) in [5, 5.41) is 11.4. The second kappa shape index (κ2) is 16.7. The first kappa shape index (κ1) is 24.3. The summed E-state index contributed by atoms with van der Waals surface area (Å²) in [6, 6.07) is 0. The fraction of sp³-hybridized carbons (Fsp3) is 0.800. The molecule has 0 aliphatic rings. The standard InChI is InChI=1S/C20H35NO5/c1-17(22)11-5-4-10-16-21-19(24)14-9-8-13-18(23)12-6-2-3-7-15-20(25)26/h2-16H2,1H3,(H,21,24)(H,25,26). The molecule has 6 nitrogen and oxygen atoms in total. The highest BCUT2D eigenvalue weighted by atomic mass is 16.4. The van der Waals surface area contributed by atoms with Gasteiger partial charge in [0, 0.05) is 38.6 Å². The zero-order valence-electron chi connectivity index (χ0n) is 16.2. The highest BCUT2D eigenvalue weighted by molar-refractivity contribution is 5.78. The van der Waals surface area contributed by atoms with Crippen molar-refractivity contribution in [2.75, 3.05) is 6.54 Å². The second-order valence-corrected chi connectivity index (χ2v) is 6.92. The number of carbonyl (C=O) groups excluding carboxylic acids is 3. The van der Waals surface area contributed by atoms with E-state index in [1.165, 1.54) is 0 Å². The van der Waals surface area contributed by atoms with Crippen molar-refractivity contribution in [3.05, 3.63) is 0 Å². The maximum atomic E-state index is 11.7. The molecule has 0 aromatic rings. The first-order valence-electron chi connectivity index (χ1n) is 9.91. The highest BCUT2D eigenvalue weighted by Crippen LogP contribution is 2.09. The number of carbonyl (C=O) groups is 4. The predicted molar refractivity (Wildman–Crippen MR) is 101 cm³/mol. The van der Waals surface area contributed by atoms with Crippen molar-refractivity contribution in [1.82, 2.24) is 5.32 Å². The van der Waals surface area contributed by atoms with Crippen molar-refractivity contribution in [1.29, 1.82) is 0 Å². The van der Waals surface area contributed by atoms with Crippen molar-refractivity contribution in [2.45, 2.75) is 96.8 Å². The number of aliphatic carboxylic acids is 1. The van der Waals surface area contributed by atoms with Crippen LogP contribution in [-0.4, -0.2) is 35.1 Å². The summed E-state index contributed by atoms with van der Waals surface area (Å²) in [6.45, 7) is 2.24. The molecule has 0 fully saturated rings. The molecule has 0 aliphatic carbocycles. The van der Waals surface area contributed by atoms with E-state index in [0.29, 0.717) is 38.6 Å². The largest absolute Gasteiger partial charge is 0.481 e. The van der Waals surface area contributed by atoms with Gasteiger partial charge in [-0.3, -0.25) is 14.4 Å². The summed E-state index contributed by atoms with van der Waals surface area (Å²) in [5.41, 5.74) is 0. The molecule has 0 rings (SSSR count). The summed E-state index contributed by atoms with van der Waals surface area (Å²) in [4.78, 5) is 44.5. The van der Waals surface area contributed by atoms with Crippen LogP contribution < -0.4 is 5.32 Å². The minimum absolute atomic E-state index is 0.0300. The smallest absolute Gasteiger partial charge is 0.303 e. The van der Waals surface area contributed by atoms with E-state index in [1.54, 1.807) is 6.92 Å². The highest BCUT2D eigenvalue weighted by Gasteiger charge is 2.05. The van der Waals surface area contributed by atoms with Crippen LogP contribution in [0.4, 0.5) is 0 Å². The van der Waals surface area contributed by atoms with Crippen LogP contribution >= 0.6 is 0 Å². The third-order valence-corrected chi connectivity index (χ3v) is 4.23. The predicted octanol–water partition coefficient (Wildman–Crippen LogP) is 3.81. The van der Waals surface area contributed by atoms with E-state index in [2.05, 4.69) is 5.32 Å². The molecule has 0 saturated carbocycles. The minimum Gasteiger partial charge on any atom is -0.481 e. The van der Waals surface area contributed by atoms with Gasteiger partial charge in [0.15, 0.2) is 0 Å². The SMILES string of the molecule is CC(=O)CCCCCNC(=O)CCCCC(=O)CCCCCCC(=O)O. The van der Waals surface area contributed by atoms with Gasteiger partial charge in [0.2, 0.25) is 5.91 Å². The molecule has 0 atom stereocenters. The molecule has 150 valence electrons. The molecular formula is C20H35NO5. The number of hydrogen-bond donors (Lipinski definition) is 2. The molecular weight excluding hydrogens is 334 g/mol. The van der Waals surface area contributed by atoms with Crippen LogP contribution in [0.1, 0.15) is 96.8 Å². The number of unbranched alkanes of at least 4 members (excludes halogenated alkanes) is 6. The number of ketones is 2. The zero-order valence-corrected chi connectivity index (χ0v) is 16.2. The lowest BCUT2D eigenvalue weighted by atomic mass is 10.0. The molecule has 0 heterocycles. The molecule has 2 N–H and O–H groups in total. The van der Waals surface area contributed by atoms with E-state index in [9.17, 15) is 19.2 Å². The maximum absolute atomic E-state index is 11.7. The lowest BCUT2D eigenvalue weighted by Gasteiger charge is -2.05. The zero-order chi connectivity index (χ0) is 19.6. The third kappa shape index (κ3) is 18.6. The van der Waals surface area contributed by atoms with Crippen LogP contribution in [0.25, 0.3) is 0 Å². The molecule has 0 aromatic carbocycles. The first-order valence-corrected chi connectivity index (χ1v) is 9.91. The molecule has 26 heavy (non-hydrogen) atoms. The number of rotatable bonds is 18. The van der Waals surface area contributed by atoms with Crippen molar-refractivity contribution in [3.8, 4) is 0 Å². The van der Waals surface area contributed by atoms with Gasteiger partial charge in [0.1, 0.15) is 11.6 Å². The summed E-state index contributed by atoms with van der Waals surface area (Å²) < 4.78 is 0. The maximum Gasteiger partial charge on any atom is 0.303 e.